The Bertz CT molecular complexity index is 413. The van der Waals surface area contributed by atoms with E-state index in [9.17, 15) is 0 Å². The molecule has 0 radical (unpaired) electrons. The number of rotatable bonds is 6. The third kappa shape index (κ3) is 3.24. The monoisotopic (exact) mass is 255 g/mol. The summed E-state index contributed by atoms with van der Waals surface area (Å²) in [6.07, 6.45) is 1.70. The zero-order valence-corrected chi connectivity index (χ0v) is 10.6. The highest BCUT2D eigenvalue weighted by Gasteiger charge is 2.03. The Morgan fingerprint density at radius 1 is 1.44 bits per heavy atom. The van der Waals surface area contributed by atoms with E-state index in [0.717, 1.165) is 33.9 Å². The molecule has 0 aliphatic heterocycles. The van der Waals surface area contributed by atoms with Gasteiger partial charge in [-0.1, -0.05) is 11.3 Å². The Balaban J connectivity index is 1.76. The molecule has 0 saturated carbocycles. The van der Waals surface area contributed by atoms with Crippen molar-refractivity contribution >= 4 is 28.2 Å². The lowest BCUT2D eigenvalue weighted by molar-refractivity contribution is 0.530. The molecule has 0 unspecified atom stereocenters. The van der Waals surface area contributed by atoms with Crippen molar-refractivity contribution in [1.29, 1.82) is 0 Å². The lowest BCUT2D eigenvalue weighted by Crippen LogP contribution is -1.94. The zero-order chi connectivity index (χ0) is 11.2. The Labute approximate surface area is 102 Å². The highest BCUT2D eigenvalue weighted by atomic mass is 32.2. The first-order valence-electron chi connectivity index (χ1n) is 5.05. The van der Waals surface area contributed by atoms with Crippen LogP contribution in [0.2, 0.25) is 0 Å². The highest BCUT2D eigenvalue weighted by Crippen LogP contribution is 2.22. The summed E-state index contributed by atoms with van der Waals surface area (Å²) >= 11 is 3.39. The zero-order valence-electron chi connectivity index (χ0n) is 8.97. The normalized spacial score (nSPS) is 10.6. The van der Waals surface area contributed by atoms with Crippen molar-refractivity contribution < 1.29 is 4.42 Å². The molecule has 4 nitrogen and oxygen atoms in total. The minimum atomic E-state index is 0.878. The Kier molecular flexibility index (Phi) is 4.24. The number of nitrogens with one attached hydrogen (secondary N) is 1. The van der Waals surface area contributed by atoms with E-state index in [-0.39, 0.29) is 0 Å². The maximum Gasteiger partial charge on any atom is 0.205 e. The largest absolute Gasteiger partial charge is 0.468 e. The van der Waals surface area contributed by atoms with Gasteiger partial charge in [-0.15, -0.1) is 22.0 Å². The lowest BCUT2D eigenvalue weighted by Gasteiger charge is -1.94. The third-order valence-electron chi connectivity index (χ3n) is 1.84. The van der Waals surface area contributed by atoms with Crippen molar-refractivity contribution in [3.8, 4) is 0 Å². The van der Waals surface area contributed by atoms with Crippen molar-refractivity contribution in [2.45, 2.75) is 18.4 Å². The molecule has 2 aromatic heterocycles. The molecular weight excluding hydrogens is 242 g/mol. The first-order chi connectivity index (χ1) is 7.88. The van der Waals surface area contributed by atoms with Crippen LogP contribution in [-0.4, -0.2) is 16.7 Å². The second-order valence-electron chi connectivity index (χ2n) is 3.10. The highest BCUT2D eigenvalue weighted by molar-refractivity contribution is 7.97. The van der Waals surface area contributed by atoms with E-state index in [0.29, 0.717) is 0 Å². The maximum atomic E-state index is 5.25. The van der Waals surface area contributed by atoms with E-state index in [1.165, 1.54) is 0 Å². The van der Waals surface area contributed by atoms with Gasteiger partial charge in [0.05, 0.1) is 12.0 Å². The summed E-state index contributed by atoms with van der Waals surface area (Å²) in [6.45, 7) is 2.93. The van der Waals surface area contributed by atoms with Gasteiger partial charge in [-0.25, -0.2) is 0 Å². The van der Waals surface area contributed by atoms with Crippen molar-refractivity contribution in [2.24, 2.45) is 0 Å². The molecule has 0 saturated heterocycles. The Hall–Kier alpha value is -1.01. The second-order valence-corrected chi connectivity index (χ2v) is 5.15. The summed E-state index contributed by atoms with van der Waals surface area (Å²) in [5.74, 6) is 2.76. The van der Waals surface area contributed by atoms with Gasteiger partial charge in [0, 0.05) is 12.3 Å². The number of aromatic nitrogens is 2. The van der Waals surface area contributed by atoms with Crippen molar-refractivity contribution in [3.05, 3.63) is 29.2 Å². The molecule has 0 spiro atoms. The fourth-order valence-electron chi connectivity index (χ4n) is 1.17. The summed E-state index contributed by atoms with van der Waals surface area (Å²) in [5, 5.41) is 13.2. The van der Waals surface area contributed by atoms with Gasteiger partial charge in [0.15, 0.2) is 0 Å². The van der Waals surface area contributed by atoms with Crippen LogP contribution in [0.25, 0.3) is 0 Å². The Morgan fingerprint density at radius 2 is 2.38 bits per heavy atom. The maximum absolute atomic E-state index is 5.25. The topological polar surface area (TPSA) is 51.0 Å². The molecule has 2 heterocycles. The molecule has 0 bridgehead atoms. The van der Waals surface area contributed by atoms with E-state index in [2.05, 4.69) is 15.5 Å². The van der Waals surface area contributed by atoms with Gasteiger partial charge < -0.3 is 9.73 Å². The van der Waals surface area contributed by atoms with Crippen LogP contribution in [0.15, 0.2) is 22.8 Å². The standard InChI is InChI=1S/C10H13N3OS2/c1-2-11-10-13-12-9(16-10)7-15-6-8-4-3-5-14-8/h3-5H,2,6-7H2,1H3,(H,11,13). The molecule has 0 aliphatic rings. The first kappa shape index (κ1) is 11.5. The van der Waals surface area contributed by atoms with Crippen molar-refractivity contribution in [2.75, 3.05) is 11.9 Å². The molecule has 0 amide bonds. The average Bonchev–Trinajstić information content (AvgIpc) is 2.90. The minimum absolute atomic E-state index is 0.878. The van der Waals surface area contributed by atoms with Gasteiger partial charge >= 0.3 is 0 Å². The number of anilines is 1. The van der Waals surface area contributed by atoms with Crippen LogP contribution in [0.5, 0.6) is 0 Å². The third-order valence-corrected chi connectivity index (χ3v) is 3.87. The summed E-state index contributed by atoms with van der Waals surface area (Å²) in [7, 11) is 0. The van der Waals surface area contributed by atoms with E-state index < -0.39 is 0 Å². The Morgan fingerprint density at radius 3 is 3.12 bits per heavy atom. The molecular formula is C10H13N3OS2. The molecule has 86 valence electrons. The molecule has 0 fully saturated rings. The van der Waals surface area contributed by atoms with Crippen molar-refractivity contribution in [1.82, 2.24) is 10.2 Å². The summed E-state index contributed by atoms with van der Waals surface area (Å²) in [6, 6.07) is 3.89. The van der Waals surface area contributed by atoms with Gasteiger partial charge in [-0.05, 0) is 19.1 Å². The number of thioether (sulfide) groups is 1. The van der Waals surface area contributed by atoms with E-state index in [1.54, 1.807) is 29.4 Å². The molecule has 1 N–H and O–H groups in total. The fourth-order valence-corrected chi connectivity index (χ4v) is 2.96. The average molecular weight is 255 g/mol. The first-order valence-corrected chi connectivity index (χ1v) is 7.02. The molecule has 2 rings (SSSR count). The number of hydrogen-bond acceptors (Lipinski definition) is 6. The van der Waals surface area contributed by atoms with Crippen LogP contribution in [0.1, 0.15) is 17.7 Å². The molecule has 0 atom stereocenters. The van der Waals surface area contributed by atoms with Gasteiger partial charge in [0.1, 0.15) is 10.8 Å². The van der Waals surface area contributed by atoms with E-state index >= 15 is 0 Å². The van der Waals surface area contributed by atoms with Crippen LogP contribution >= 0.6 is 23.1 Å². The van der Waals surface area contributed by atoms with Crippen LogP contribution in [0.4, 0.5) is 5.13 Å². The van der Waals surface area contributed by atoms with Crippen LogP contribution in [0.3, 0.4) is 0 Å². The van der Waals surface area contributed by atoms with Crippen LogP contribution in [-0.2, 0) is 11.5 Å². The summed E-state index contributed by atoms with van der Waals surface area (Å²) < 4.78 is 5.25. The number of furan rings is 1. The molecule has 6 heteroatoms. The number of nitrogens with zero attached hydrogens (tertiary/aromatic N) is 2. The number of hydrogen-bond donors (Lipinski definition) is 1. The lowest BCUT2D eigenvalue weighted by atomic mass is 10.5. The van der Waals surface area contributed by atoms with E-state index in [1.807, 2.05) is 19.1 Å². The summed E-state index contributed by atoms with van der Waals surface area (Å²) in [5.41, 5.74) is 0. The van der Waals surface area contributed by atoms with Crippen LogP contribution < -0.4 is 5.32 Å². The summed E-state index contributed by atoms with van der Waals surface area (Å²) in [4.78, 5) is 0. The van der Waals surface area contributed by atoms with E-state index in [4.69, 9.17) is 4.42 Å². The van der Waals surface area contributed by atoms with Crippen LogP contribution in [0, 0.1) is 0 Å². The molecule has 16 heavy (non-hydrogen) atoms. The van der Waals surface area contributed by atoms with Crippen molar-refractivity contribution in [3.63, 3.8) is 0 Å². The van der Waals surface area contributed by atoms with Gasteiger partial charge in [-0.2, -0.15) is 0 Å². The smallest absolute Gasteiger partial charge is 0.205 e. The van der Waals surface area contributed by atoms with Gasteiger partial charge in [0.2, 0.25) is 5.13 Å². The van der Waals surface area contributed by atoms with Gasteiger partial charge in [-0.3, -0.25) is 0 Å². The predicted molar refractivity (Wildman–Crippen MR) is 67.8 cm³/mol. The quantitative estimate of drug-likeness (QED) is 0.860. The molecule has 0 aromatic carbocycles. The fraction of sp³-hybridized carbons (Fsp3) is 0.400. The predicted octanol–water partition coefficient (Wildman–Crippen LogP) is 3.00. The SMILES string of the molecule is CCNc1nnc(CSCc2ccco2)s1. The minimum Gasteiger partial charge on any atom is -0.468 e. The van der Waals surface area contributed by atoms with Gasteiger partial charge in [0.25, 0.3) is 0 Å². The second kappa shape index (κ2) is 5.91. The molecule has 0 aliphatic carbocycles. The molecule has 2 aromatic rings.